The molecule has 1 aliphatic heterocycles. The van der Waals surface area contributed by atoms with E-state index in [2.05, 4.69) is 21.2 Å². The van der Waals surface area contributed by atoms with Crippen molar-refractivity contribution in [3.8, 4) is 5.75 Å². The fourth-order valence-corrected chi connectivity index (χ4v) is 3.18. The summed E-state index contributed by atoms with van der Waals surface area (Å²) in [6, 6.07) is 5.71. The van der Waals surface area contributed by atoms with Gasteiger partial charge in [-0.15, -0.1) is 0 Å². The molecule has 0 saturated carbocycles. The largest absolute Gasteiger partial charge is 0.493 e. The predicted molar refractivity (Wildman–Crippen MR) is 82.0 cm³/mol. The van der Waals surface area contributed by atoms with Crippen molar-refractivity contribution in [2.75, 3.05) is 11.9 Å². The molecular formula is C15H11BrClF2NO. The van der Waals surface area contributed by atoms with Gasteiger partial charge in [0.15, 0.2) is 0 Å². The summed E-state index contributed by atoms with van der Waals surface area (Å²) in [7, 11) is 0. The van der Waals surface area contributed by atoms with Gasteiger partial charge in [-0.3, -0.25) is 0 Å². The van der Waals surface area contributed by atoms with Gasteiger partial charge in [0, 0.05) is 34.1 Å². The van der Waals surface area contributed by atoms with Crippen molar-refractivity contribution in [2.45, 2.75) is 13.0 Å². The SMILES string of the molecule is Fc1cc(F)c(NCc2cc(Cl)cc3c2OCC3)c(Br)c1. The van der Waals surface area contributed by atoms with Crippen LogP contribution in [0.5, 0.6) is 5.75 Å². The molecule has 110 valence electrons. The van der Waals surface area contributed by atoms with E-state index in [-0.39, 0.29) is 5.69 Å². The molecule has 1 heterocycles. The van der Waals surface area contributed by atoms with Gasteiger partial charge in [-0.05, 0) is 39.7 Å². The van der Waals surface area contributed by atoms with E-state index in [9.17, 15) is 8.78 Å². The lowest BCUT2D eigenvalue weighted by Gasteiger charge is -2.13. The standard InChI is InChI=1S/C15H11BrClF2NO/c16-12-5-11(18)6-13(19)14(12)20-7-9-4-10(17)3-8-1-2-21-15(8)9/h3-6,20H,1-2,7H2. The molecule has 2 nitrogen and oxygen atoms in total. The van der Waals surface area contributed by atoms with Gasteiger partial charge in [0.1, 0.15) is 17.4 Å². The first-order valence-electron chi connectivity index (χ1n) is 6.37. The fourth-order valence-electron chi connectivity index (χ4n) is 2.37. The quantitative estimate of drug-likeness (QED) is 0.823. The Kier molecular flexibility index (Phi) is 4.04. The third kappa shape index (κ3) is 2.99. The van der Waals surface area contributed by atoms with Gasteiger partial charge in [-0.25, -0.2) is 8.78 Å². The number of nitrogens with one attached hydrogen (secondary N) is 1. The highest BCUT2D eigenvalue weighted by Crippen LogP contribution is 2.34. The number of hydrogen-bond donors (Lipinski definition) is 1. The lowest BCUT2D eigenvalue weighted by Crippen LogP contribution is -2.04. The van der Waals surface area contributed by atoms with Crippen molar-refractivity contribution >= 4 is 33.2 Å². The summed E-state index contributed by atoms with van der Waals surface area (Å²) in [5, 5.41) is 3.57. The van der Waals surface area contributed by atoms with E-state index in [1.807, 2.05) is 6.07 Å². The van der Waals surface area contributed by atoms with E-state index < -0.39 is 11.6 Å². The third-order valence-corrected chi connectivity index (χ3v) is 4.13. The maximum Gasteiger partial charge on any atom is 0.150 e. The minimum atomic E-state index is -0.651. The van der Waals surface area contributed by atoms with E-state index >= 15 is 0 Å². The second kappa shape index (κ2) is 5.81. The number of rotatable bonds is 3. The Morgan fingerprint density at radius 2 is 2.05 bits per heavy atom. The number of hydrogen-bond acceptors (Lipinski definition) is 2. The summed E-state index contributed by atoms with van der Waals surface area (Å²) in [6.07, 6.45) is 0.817. The molecule has 1 N–H and O–H groups in total. The highest BCUT2D eigenvalue weighted by molar-refractivity contribution is 9.10. The van der Waals surface area contributed by atoms with E-state index in [0.29, 0.717) is 22.6 Å². The van der Waals surface area contributed by atoms with Crippen LogP contribution in [0, 0.1) is 11.6 Å². The van der Waals surface area contributed by atoms with E-state index in [4.69, 9.17) is 16.3 Å². The minimum Gasteiger partial charge on any atom is -0.493 e. The summed E-state index contributed by atoms with van der Waals surface area (Å²) in [4.78, 5) is 0. The summed E-state index contributed by atoms with van der Waals surface area (Å²) >= 11 is 9.23. The molecule has 0 aromatic heterocycles. The molecule has 1 aliphatic rings. The minimum absolute atomic E-state index is 0.211. The molecule has 0 fully saturated rings. The lowest BCUT2D eigenvalue weighted by atomic mass is 10.1. The zero-order valence-electron chi connectivity index (χ0n) is 10.9. The molecule has 0 unspecified atom stereocenters. The number of anilines is 1. The average Bonchev–Trinajstić information content (AvgIpc) is 2.85. The first-order chi connectivity index (χ1) is 10.0. The normalized spacial score (nSPS) is 13.0. The van der Waals surface area contributed by atoms with Gasteiger partial charge >= 0.3 is 0 Å². The highest BCUT2D eigenvalue weighted by Gasteiger charge is 2.18. The molecule has 21 heavy (non-hydrogen) atoms. The second-order valence-electron chi connectivity index (χ2n) is 4.75. The highest BCUT2D eigenvalue weighted by atomic mass is 79.9. The number of benzene rings is 2. The van der Waals surface area contributed by atoms with Crippen molar-refractivity contribution < 1.29 is 13.5 Å². The van der Waals surface area contributed by atoms with Crippen LogP contribution in [0.15, 0.2) is 28.7 Å². The Morgan fingerprint density at radius 3 is 2.81 bits per heavy atom. The number of fused-ring (bicyclic) bond motifs is 1. The van der Waals surface area contributed by atoms with Crippen LogP contribution in [0.4, 0.5) is 14.5 Å². The monoisotopic (exact) mass is 373 g/mol. The molecule has 0 radical (unpaired) electrons. The molecule has 0 atom stereocenters. The third-order valence-electron chi connectivity index (χ3n) is 3.29. The van der Waals surface area contributed by atoms with Crippen LogP contribution in [-0.4, -0.2) is 6.61 Å². The Labute approximate surface area is 134 Å². The molecule has 0 spiro atoms. The predicted octanol–water partition coefficient (Wildman–Crippen LogP) is 4.93. The summed E-state index contributed by atoms with van der Waals surface area (Å²) in [6.45, 7) is 0.960. The van der Waals surface area contributed by atoms with E-state index in [0.717, 1.165) is 29.4 Å². The molecule has 2 aromatic carbocycles. The molecule has 3 rings (SSSR count). The van der Waals surface area contributed by atoms with Crippen LogP contribution >= 0.6 is 27.5 Å². The Bertz CT molecular complexity index is 685. The van der Waals surface area contributed by atoms with Crippen LogP contribution in [0.2, 0.25) is 5.02 Å². The molecule has 0 saturated heterocycles. The van der Waals surface area contributed by atoms with Gasteiger partial charge in [0.2, 0.25) is 0 Å². The smallest absolute Gasteiger partial charge is 0.150 e. The van der Waals surface area contributed by atoms with Crippen molar-refractivity contribution in [3.63, 3.8) is 0 Å². The number of ether oxygens (including phenoxy) is 1. The van der Waals surface area contributed by atoms with E-state index in [1.165, 1.54) is 6.07 Å². The maximum absolute atomic E-state index is 13.8. The molecule has 2 aromatic rings. The maximum atomic E-state index is 13.8. The van der Waals surface area contributed by atoms with Crippen LogP contribution in [0.3, 0.4) is 0 Å². The Hall–Kier alpha value is -1.33. The summed E-state index contributed by atoms with van der Waals surface area (Å²) < 4.78 is 32.8. The van der Waals surface area contributed by atoms with Crippen LogP contribution in [-0.2, 0) is 13.0 Å². The Morgan fingerprint density at radius 1 is 1.24 bits per heavy atom. The van der Waals surface area contributed by atoms with Crippen molar-refractivity contribution in [1.29, 1.82) is 0 Å². The van der Waals surface area contributed by atoms with Gasteiger partial charge in [0.25, 0.3) is 0 Å². The fraction of sp³-hybridized carbons (Fsp3) is 0.200. The Balaban J connectivity index is 1.86. The zero-order chi connectivity index (χ0) is 15.0. The summed E-state index contributed by atoms with van der Waals surface area (Å²) in [5.41, 5.74) is 2.12. The zero-order valence-corrected chi connectivity index (χ0v) is 13.2. The molecule has 0 amide bonds. The van der Waals surface area contributed by atoms with Crippen LogP contribution in [0.25, 0.3) is 0 Å². The molecular weight excluding hydrogens is 364 g/mol. The number of halogens is 4. The summed E-state index contributed by atoms with van der Waals surface area (Å²) in [5.74, 6) is -0.482. The van der Waals surface area contributed by atoms with Crippen LogP contribution in [0.1, 0.15) is 11.1 Å². The molecule has 0 bridgehead atoms. The van der Waals surface area contributed by atoms with Gasteiger partial charge in [-0.1, -0.05) is 11.6 Å². The molecule has 0 aliphatic carbocycles. The van der Waals surface area contributed by atoms with Gasteiger partial charge in [-0.2, -0.15) is 0 Å². The average molecular weight is 375 g/mol. The topological polar surface area (TPSA) is 21.3 Å². The van der Waals surface area contributed by atoms with Crippen molar-refractivity contribution in [2.24, 2.45) is 0 Å². The molecule has 6 heteroatoms. The lowest BCUT2D eigenvalue weighted by molar-refractivity contribution is 0.354. The van der Waals surface area contributed by atoms with Gasteiger partial charge < -0.3 is 10.1 Å². The van der Waals surface area contributed by atoms with Crippen LogP contribution < -0.4 is 10.1 Å². The van der Waals surface area contributed by atoms with Crippen molar-refractivity contribution in [3.05, 3.63) is 56.5 Å². The van der Waals surface area contributed by atoms with Gasteiger partial charge in [0.05, 0.1) is 12.3 Å². The first-order valence-corrected chi connectivity index (χ1v) is 7.54. The van der Waals surface area contributed by atoms with E-state index in [1.54, 1.807) is 6.07 Å². The second-order valence-corrected chi connectivity index (χ2v) is 6.04. The first kappa shape index (κ1) is 14.6. The van der Waals surface area contributed by atoms with Crippen molar-refractivity contribution in [1.82, 2.24) is 0 Å².